The van der Waals surface area contributed by atoms with E-state index in [9.17, 15) is 4.79 Å². The molecule has 5 nitrogen and oxygen atoms in total. The molecular weight excluding hydrogens is 338 g/mol. The second kappa shape index (κ2) is 8.29. The van der Waals surface area contributed by atoms with Crippen molar-refractivity contribution in [3.05, 3.63) is 35.4 Å². The Hall–Kier alpha value is -1.43. The van der Waals surface area contributed by atoms with Gasteiger partial charge in [0.15, 0.2) is 0 Å². The first-order valence-electron chi connectivity index (χ1n) is 10.4. The van der Waals surface area contributed by atoms with Crippen molar-refractivity contribution in [1.29, 1.82) is 0 Å². The summed E-state index contributed by atoms with van der Waals surface area (Å²) in [5, 5.41) is 3.03. The zero-order chi connectivity index (χ0) is 19.5. The highest BCUT2D eigenvalue weighted by Crippen LogP contribution is 2.49. The standard InChI is InChI=1S/C22H35N3O2/c1-4-27-19-14-22(23,21(19,2)3)20(26)24-15-17-8-10-18(11-9-17)16-25-12-6-5-7-13-25/h8-11,19H,4-7,12-16,23H2,1-3H3,(H,24,26). The molecule has 2 fully saturated rings. The maximum atomic E-state index is 12.7. The highest BCUT2D eigenvalue weighted by atomic mass is 16.5. The van der Waals surface area contributed by atoms with Crippen molar-refractivity contribution < 1.29 is 9.53 Å². The molecule has 1 aliphatic carbocycles. The largest absolute Gasteiger partial charge is 0.378 e. The number of likely N-dealkylation sites (tertiary alicyclic amines) is 1. The summed E-state index contributed by atoms with van der Waals surface area (Å²) in [6.45, 7) is 10.6. The van der Waals surface area contributed by atoms with E-state index in [0.29, 0.717) is 19.6 Å². The molecule has 1 saturated carbocycles. The van der Waals surface area contributed by atoms with E-state index in [1.54, 1.807) is 0 Å². The third kappa shape index (κ3) is 4.20. The maximum absolute atomic E-state index is 12.7. The first-order valence-corrected chi connectivity index (χ1v) is 10.4. The number of piperidine rings is 1. The molecule has 0 bridgehead atoms. The monoisotopic (exact) mass is 373 g/mol. The number of hydrogen-bond donors (Lipinski definition) is 2. The molecule has 1 heterocycles. The zero-order valence-corrected chi connectivity index (χ0v) is 17.1. The molecule has 3 rings (SSSR count). The lowest BCUT2D eigenvalue weighted by Gasteiger charge is -2.57. The van der Waals surface area contributed by atoms with Gasteiger partial charge in [0.1, 0.15) is 5.54 Å². The van der Waals surface area contributed by atoms with E-state index in [-0.39, 0.29) is 17.4 Å². The number of nitrogens with zero attached hydrogens (tertiary/aromatic N) is 1. The first kappa shape index (κ1) is 20.3. The van der Waals surface area contributed by atoms with Gasteiger partial charge in [-0.3, -0.25) is 9.69 Å². The molecule has 2 unspecified atom stereocenters. The Labute approximate surface area is 163 Å². The van der Waals surface area contributed by atoms with Crippen LogP contribution < -0.4 is 11.1 Å². The highest BCUT2D eigenvalue weighted by Gasteiger charge is 2.62. The van der Waals surface area contributed by atoms with E-state index in [1.807, 2.05) is 20.8 Å². The van der Waals surface area contributed by atoms with Gasteiger partial charge in [-0.05, 0) is 44.0 Å². The molecule has 3 N–H and O–H groups in total. The summed E-state index contributed by atoms with van der Waals surface area (Å²) in [7, 11) is 0. The summed E-state index contributed by atoms with van der Waals surface area (Å²) in [5.41, 5.74) is 7.66. The van der Waals surface area contributed by atoms with E-state index in [2.05, 4.69) is 34.5 Å². The minimum Gasteiger partial charge on any atom is -0.378 e. The Balaban J connectivity index is 1.50. The smallest absolute Gasteiger partial charge is 0.241 e. The molecule has 2 aliphatic rings. The zero-order valence-electron chi connectivity index (χ0n) is 17.1. The lowest BCUT2D eigenvalue weighted by atomic mass is 9.54. The van der Waals surface area contributed by atoms with Gasteiger partial charge in [0.2, 0.25) is 5.91 Å². The van der Waals surface area contributed by atoms with E-state index in [1.165, 1.54) is 37.9 Å². The molecule has 1 aromatic rings. The Morgan fingerprint density at radius 2 is 1.81 bits per heavy atom. The van der Waals surface area contributed by atoms with Gasteiger partial charge in [0.25, 0.3) is 0 Å². The van der Waals surface area contributed by atoms with Crippen LogP contribution in [0.4, 0.5) is 0 Å². The van der Waals surface area contributed by atoms with Gasteiger partial charge in [0, 0.05) is 31.5 Å². The number of nitrogens with two attached hydrogens (primary N) is 1. The van der Waals surface area contributed by atoms with Crippen molar-refractivity contribution in [1.82, 2.24) is 10.2 Å². The predicted octanol–water partition coefficient (Wildman–Crippen LogP) is 2.82. The van der Waals surface area contributed by atoms with E-state index >= 15 is 0 Å². The summed E-state index contributed by atoms with van der Waals surface area (Å²) in [5.74, 6) is -0.0825. The summed E-state index contributed by atoms with van der Waals surface area (Å²) >= 11 is 0. The molecule has 1 saturated heterocycles. The fourth-order valence-electron chi connectivity index (χ4n) is 4.30. The van der Waals surface area contributed by atoms with Gasteiger partial charge in [-0.1, -0.05) is 44.5 Å². The third-order valence-corrected chi connectivity index (χ3v) is 6.57. The summed E-state index contributed by atoms with van der Waals surface area (Å²) in [6, 6.07) is 8.56. The summed E-state index contributed by atoms with van der Waals surface area (Å²) in [4.78, 5) is 15.2. The minimum absolute atomic E-state index is 0.0484. The van der Waals surface area contributed by atoms with Gasteiger partial charge in [-0.15, -0.1) is 0 Å². The van der Waals surface area contributed by atoms with Gasteiger partial charge in [0.05, 0.1) is 6.10 Å². The van der Waals surface area contributed by atoms with E-state index < -0.39 is 5.54 Å². The molecule has 150 valence electrons. The number of hydrogen-bond acceptors (Lipinski definition) is 4. The normalized spacial score (nSPS) is 27.8. The first-order chi connectivity index (χ1) is 12.9. The van der Waals surface area contributed by atoms with E-state index in [0.717, 1.165) is 12.1 Å². The number of ether oxygens (including phenoxy) is 1. The number of benzene rings is 1. The molecule has 1 amide bonds. The average molecular weight is 374 g/mol. The van der Waals surface area contributed by atoms with Gasteiger partial charge in [-0.25, -0.2) is 0 Å². The van der Waals surface area contributed by atoms with Crippen molar-refractivity contribution in [2.45, 2.75) is 71.2 Å². The molecule has 0 radical (unpaired) electrons. The van der Waals surface area contributed by atoms with Crippen LogP contribution in [0.2, 0.25) is 0 Å². The molecule has 2 atom stereocenters. The SMILES string of the molecule is CCOC1CC(N)(C(=O)NCc2ccc(CN3CCCCC3)cc2)C1(C)C. The Kier molecular flexibility index (Phi) is 6.24. The van der Waals surface area contributed by atoms with Gasteiger partial charge < -0.3 is 15.8 Å². The Bertz CT molecular complexity index is 637. The second-order valence-corrected chi connectivity index (χ2v) is 8.68. The Morgan fingerprint density at radius 3 is 2.41 bits per heavy atom. The van der Waals surface area contributed by atoms with Crippen LogP contribution in [0, 0.1) is 5.41 Å². The van der Waals surface area contributed by atoms with Crippen LogP contribution in [-0.4, -0.2) is 42.1 Å². The molecule has 0 spiro atoms. The summed E-state index contributed by atoms with van der Waals surface area (Å²) in [6.07, 6.45) is 4.61. The lowest BCUT2D eigenvalue weighted by Crippen LogP contribution is -2.75. The quantitative estimate of drug-likeness (QED) is 0.771. The van der Waals surface area contributed by atoms with Crippen LogP contribution in [0.15, 0.2) is 24.3 Å². The number of carbonyl (C=O) groups excluding carboxylic acids is 1. The number of rotatable bonds is 7. The van der Waals surface area contributed by atoms with Gasteiger partial charge >= 0.3 is 0 Å². The predicted molar refractivity (Wildman–Crippen MR) is 108 cm³/mol. The van der Waals surface area contributed by atoms with Crippen molar-refractivity contribution in [2.75, 3.05) is 19.7 Å². The van der Waals surface area contributed by atoms with Crippen molar-refractivity contribution in [3.8, 4) is 0 Å². The molecule has 5 heteroatoms. The summed E-state index contributed by atoms with van der Waals surface area (Å²) < 4.78 is 5.71. The van der Waals surface area contributed by atoms with Crippen molar-refractivity contribution in [3.63, 3.8) is 0 Å². The molecular formula is C22H35N3O2. The third-order valence-electron chi connectivity index (χ3n) is 6.57. The van der Waals surface area contributed by atoms with Crippen molar-refractivity contribution >= 4 is 5.91 Å². The molecule has 1 aliphatic heterocycles. The van der Waals surface area contributed by atoms with Crippen LogP contribution in [-0.2, 0) is 22.6 Å². The molecule has 0 aromatic heterocycles. The van der Waals surface area contributed by atoms with Crippen LogP contribution in [0.1, 0.15) is 57.6 Å². The number of amides is 1. The average Bonchev–Trinajstić information content (AvgIpc) is 2.67. The highest BCUT2D eigenvalue weighted by molar-refractivity contribution is 5.88. The lowest BCUT2D eigenvalue weighted by molar-refractivity contribution is -0.170. The minimum atomic E-state index is -0.860. The van der Waals surface area contributed by atoms with E-state index in [4.69, 9.17) is 10.5 Å². The fourth-order valence-corrected chi connectivity index (χ4v) is 4.30. The molecule has 1 aromatic carbocycles. The fraction of sp³-hybridized carbons (Fsp3) is 0.682. The number of nitrogens with one attached hydrogen (secondary N) is 1. The van der Waals surface area contributed by atoms with Crippen LogP contribution in [0.5, 0.6) is 0 Å². The van der Waals surface area contributed by atoms with Crippen LogP contribution in [0.3, 0.4) is 0 Å². The van der Waals surface area contributed by atoms with Crippen LogP contribution >= 0.6 is 0 Å². The second-order valence-electron chi connectivity index (χ2n) is 8.68. The number of carbonyl (C=O) groups is 1. The van der Waals surface area contributed by atoms with Crippen LogP contribution in [0.25, 0.3) is 0 Å². The Morgan fingerprint density at radius 1 is 1.19 bits per heavy atom. The topological polar surface area (TPSA) is 67.6 Å². The van der Waals surface area contributed by atoms with Gasteiger partial charge in [-0.2, -0.15) is 0 Å². The maximum Gasteiger partial charge on any atom is 0.241 e. The van der Waals surface area contributed by atoms with Crippen molar-refractivity contribution in [2.24, 2.45) is 11.1 Å². The molecule has 27 heavy (non-hydrogen) atoms.